The van der Waals surface area contributed by atoms with Crippen LogP contribution in [-0.2, 0) is 6.18 Å². The van der Waals surface area contributed by atoms with Crippen molar-refractivity contribution in [3.8, 4) is 17.2 Å². The van der Waals surface area contributed by atoms with E-state index in [9.17, 15) is 13.2 Å². The smallest absolute Gasteiger partial charge is 0.416 e. The Labute approximate surface area is 216 Å². The average Bonchev–Trinajstić information content (AvgIpc) is 2.92. The van der Waals surface area contributed by atoms with Crippen LogP contribution in [-0.4, -0.2) is 21.3 Å². The Morgan fingerprint density at radius 2 is 1.28 bits per heavy atom. The molecule has 0 fully saturated rings. The van der Waals surface area contributed by atoms with Crippen molar-refractivity contribution in [3.63, 3.8) is 0 Å². The van der Waals surface area contributed by atoms with Crippen molar-refractivity contribution in [3.05, 3.63) is 77.4 Å². The van der Waals surface area contributed by atoms with Gasteiger partial charge in [-0.1, -0.05) is 52.0 Å². The van der Waals surface area contributed by atoms with E-state index in [1.807, 2.05) is 76.2 Å². The third kappa shape index (κ3) is 9.07. The van der Waals surface area contributed by atoms with Crippen LogP contribution >= 0.6 is 11.9 Å². The van der Waals surface area contributed by atoms with Crippen molar-refractivity contribution in [2.75, 3.05) is 26.1 Å². The first-order valence-corrected chi connectivity index (χ1v) is 12.3. The molecule has 0 amide bonds. The van der Waals surface area contributed by atoms with Gasteiger partial charge in [0.2, 0.25) is 5.75 Å². The summed E-state index contributed by atoms with van der Waals surface area (Å²) in [6.07, 6.45) is -0.476. The number of hydrogen-bond acceptors (Lipinski definition) is 5. The molecule has 3 aromatic rings. The van der Waals surface area contributed by atoms with Crippen LogP contribution in [0.3, 0.4) is 0 Å². The van der Waals surface area contributed by atoms with Gasteiger partial charge in [-0.2, -0.15) is 13.2 Å². The summed E-state index contributed by atoms with van der Waals surface area (Å²) in [6, 6.07) is 16.4. The van der Waals surface area contributed by atoms with Crippen molar-refractivity contribution in [2.24, 2.45) is 0 Å². The maximum Gasteiger partial charge on any atom is 0.416 e. The molecule has 0 heterocycles. The fraction of sp³-hybridized carbons (Fsp3) is 0.286. The summed E-state index contributed by atoms with van der Waals surface area (Å²) < 4.78 is 57.3. The number of nitrogens with one attached hydrogen (secondary N) is 1. The quantitative estimate of drug-likeness (QED) is 0.236. The van der Waals surface area contributed by atoms with Crippen molar-refractivity contribution in [2.45, 2.75) is 38.8 Å². The lowest BCUT2D eigenvalue weighted by atomic mass is 10.1. The highest BCUT2D eigenvalue weighted by Crippen LogP contribution is 2.38. The molecule has 3 rings (SSSR count). The van der Waals surface area contributed by atoms with E-state index in [4.69, 9.17) is 14.2 Å². The molecular weight excluding hydrogens is 487 g/mol. The molecular formula is C28H34F3NO3S. The summed E-state index contributed by atoms with van der Waals surface area (Å²) in [4.78, 5) is 0.677. The summed E-state index contributed by atoms with van der Waals surface area (Å²) >= 11 is 1.24. The molecule has 3 aromatic carbocycles. The van der Waals surface area contributed by atoms with Crippen LogP contribution in [0.4, 0.5) is 18.9 Å². The van der Waals surface area contributed by atoms with E-state index >= 15 is 0 Å². The van der Waals surface area contributed by atoms with Crippen molar-refractivity contribution >= 4 is 29.8 Å². The van der Waals surface area contributed by atoms with Gasteiger partial charge in [0.25, 0.3) is 0 Å². The molecule has 0 aliphatic rings. The topological polar surface area (TPSA) is 39.7 Å². The molecule has 196 valence electrons. The highest BCUT2D eigenvalue weighted by atomic mass is 32.2. The average molecular weight is 522 g/mol. The van der Waals surface area contributed by atoms with Gasteiger partial charge < -0.3 is 18.9 Å². The van der Waals surface area contributed by atoms with Gasteiger partial charge in [-0.15, -0.1) is 0 Å². The van der Waals surface area contributed by atoms with Crippen LogP contribution in [0.25, 0.3) is 12.2 Å². The van der Waals surface area contributed by atoms with Gasteiger partial charge in [-0.25, -0.2) is 0 Å². The fourth-order valence-corrected chi connectivity index (χ4v) is 3.56. The Kier molecular flexibility index (Phi) is 13.4. The maximum atomic E-state index is 12.7. The molecule has 0 aliphatic heterocycles. The van der Waals surface area contributed by atoms with Crippen molar-refractivity contribution < 1.29 is 27.4 Å². The van der Waals surface area contributed by atoms with Crippen LogP contribution in [0.1, 0.15) is 44.4 Å². The van der Waals surface area contributed by atoms with Crippen LogP contribution in [0.2, 0.25) is 0 Å². The maximum absolute atomic E-state index is 12.7. The minimum Gasteiger partial charge on any atom is -0.493 e. The first-order chi connectivity index (χ1) is 17.3. The minimum absolute atomic E-state index is 0.527. The Morgan fingerprint density at radius 3 is 1.78 bits per heavy atom. The molecule has 0 saturated carbocycles. The predicted molar refractivity (Wildman–Crippen MR) is 145 cm³/mol. The molecule has 0 radical (unpaired) electrons. The zero-order valence-corrected chi connectivity index (χ0v) is 22.5. The van der Waals surface area contributed by atoms with E-state index in [1.54, 1.807) is 21.3 Å². The molecule has 0 atom stereocenters. The Morgan fingerprint density at radius 1 is 0.722 bits per heavy atom. The lowest BCUT2D eigenvalue weighted by molar-refractivity contribution is -0.137. The van der Waals surface area contributed by atoms with Gasteiger partial charge in [0.05, 0.1) is 26.9 Å². The monoisotopic (exact) mass is 521 g/mol. The number of anilines is 1. The molecule has 0 bridgehead atoms. The zero-order valence-electron chi connectivity index (χ0n) is 21.7. The standard InChI is InChI=1S/C24H22F3NO3S.2C2H6/c1-29-21-14-17(15-22(30-2)23(21)31-3)8-7-16-5-4-6-19(13-16)28-32-20-11-9-18(10-12-20)24(25,26)27;2*1-2/h4-15,28H,1-3H3;2*1-2H3/b8-7-;;. The first-order valence-electron chi connectivity index (χ1n) is 11.5. The van der Waals surface area contributed by atoms with E-state index < -0.39 is 11.7 Å². The zero-order chi connectivity index (χ0) is 27.1. The summed E-state index contributed by atoms with van der Waals surface area (Å²) in [7, 11) is 4.68. The first kappa shape index (κ1) is 30.8. The van der Waals surface area contributed by atoms with Gasteiger partial charge in [0.1, 0.15) is 0 Å². The van der Waals surface area contributed by atoms with Gasteiger partial charge >= 0.3 is 6.18 Å². The normalized spacial score (nSPS) is 10.5. The van der Waals surface area contributed by atoms with E-state index in [0.29, 0.717) is 22.1 Å². The van der Waals surface area contributed by atoms with E-state index in [1.165, 1.54) is 24.1 Å². The Balaban J connectivity index is 0.00000154. The summed E-state index contributed by atoms with van der Waals surface area (Å²) in [5.41, 5.74) is 1.97. The van der Waals surface area contributed by atoms with Gasteiger partial charge in [-0.05, 0) is 71.6 Å². The van der Waals surface area contributed by atoms with Crippen LogP contribution in [0.5, 0.6) is 17.2 Å². The third-order valence-electron chi connectivity index (χ3n) is 4.51. The summed E-state index contributed by atoms with van der Waals surface area (Å²) in [5, 5.41) is 0. The predicted octanol–water partition coefficient (Wildman–Crippen LogP) is 9.07. The van der Waals surface area contributed by atoms with Crippen molar-refractivity contribution in [1.29, 1.82) is 0 Å². The second-order valence-electron chi connectivity index (χ2n) is 6.64. The molecule has 0 aromatic heterocycles. The molecule has 0 aliphatic carbocycles. The molecule has 4 nitrogen and oxygen atoms in total. The fourth-order valence-electron chi connectivity index (χ4n) is 2.93. The third-order valence-corrected chi connectivity index (χ3v) is 5.36. The number of methoxy groups -OCH3 is 3. The highest BCUT2D eigenvalue weighted by molar-refractivity contribution is 8.00. The number of alkyl halides is 3. The lowest BCUT2D eigenvalue weighted by Crippen LogP contribution is -2.04. The highest BCUT2D eigenvalue weighted by Gasteiger charge is 2.29. The lowest BCUT2D eigenvalue weighted by Gasteiger charge is -2.12. The second kappa shape index (κ2) is 15.7. The SMILES string of the molecule is CC.CC.COc1cc(/C=C\c2cccc(NSc3ccc(C(F)(F)F)cc3)c2)cc(OC)c1OC. The number of halogens is 3. The van der Waals surface area contributed by atoms with Crippen LogP contribution in [0.15, 0.2) is 65.6 Å². The second-order valence-corrected chi connectivity index (χ2v) is 7.52. The summed E-state index contributed by atoms with van der Waals surface area (Å²) in [6.45, 7) is 8.00. The van der Waals surface area contributed by atoms with Gasteiger partial charge in [0, 0.05) is 10.6 Å². The molecule has 0 saturated heterocycles. The molecule has 0 spiro atoms. The number of benzene rings is 3. The Hall–Kier alpha value is -3.26. The molecule has 8 heteroatoms. The van der Waals surface area contributed by atoms with Gasteiger partial charge in [-0.3, -0.25) is 0 Å². The van der Waals surface area contributed by atoms with E-state index in [-0.39, 0.29) is 0 Å². The number of ether oxygens (including phenoxy) is 3. The van der Waals surface area contributed by atoms with Gasteiger partial charge in [0.15, 0.2) is 11.5 Å². The van der Waals surface area contributed by atoms with E-state index in [0.717, 1.165) is 28.9 Å². The molecule has 36 heavy (non-hydrogen) atoms. The minimum atomic E-state index is -4.34. The molecule has 0 unspecified atom stereocenters. The molecule has 1 N–H and O–H groups in total. The Bertz CT molecular complexity index is 1060. The van der Waals surface area contributed by atoms with Crippen LogP contribution < -0.4 is 18.9 Å². The van der Waals surface area contributed by atoms with Crippen molar-refractivity contribution in [1.82, 2.24) is 0 Å². The summed E-state index contributed by atoms with van der Waals surface area (Å²) in [5.74, 6) is 1.66. The van der Waals surface area contributed by atoms with E-state index in [2.05, 4.69) is 4.72 Å². The largest absolute Gasteiger partial charge is 0.493 e. The van der Waals surface area contributed by atoms with Crippen LogP contribution in [0, 0.1) is 0 Å². The number of hydrogen-bond donors (Lipinski definition) is 1. The number of rotatable bonds is 8.